The van der Waals surface area contributed by atoms with Crippen LogP contribution in [-0.4, -0.2) is 15.0 Å². The van der Waals surface area contributed by atoms with Crippen molar-refractivity contribution in [1.82, 2.24) is 15.0 Å². The summed E-state index contributed by atoms with van der Waals surface area (Å²) in [5, 5.41) is 2.17. The van der Waals surface area contributed by atoms with E-state index >= 15 is 0 Å². The third-order valence-corrected chi connectivity index (χ3v) is 10.1. The van der Waals surface area contributed by atoms with Crippen molar-refractivity contribution in [2.45, 2.75) is 0 Å². The van der Waals surface area contributed by atoms with E-state index in [-0.39, 0.29) is 0 Å². The van der Waals surface area contributed by atoms with Crippen molar-refractivity contribution in [2.24, 2.45) is 0 Å². The van der Waals surface area contributed by atoms with Crippen LogP contribution in [0.5, 0.6) is 0 Å². The standard InChI is InChI=1S/C51H33N3O/c1-4-12-34(13-5-1)36-22-24-38(25-23-36)50-52-49(37-16-8-3-9-17-37)53-51(54-50)44-21-11-20-41(31-44)42-27-29-47-46(32-42)45-28-26-43(33-48(45)55-47)40-19-10-18-39(30-40)35-14-6-2-7-15-35/h1-33H. The van der Waals surface area contributed by atoms with E-state index in [9.17, 15) is 0 Å². The molecule has 0 fully saturated rings. The van der Waals surface area contributed by atoms with Gasteiger partial charge in [-0.1, -0.05) is 164 Å². The van der Waals surface area contributed by atoms with Crippen LogP contribution in [0.2, 0.25) is 0 Å². The van der Waals surface area contributed by atoms with Crippen LogP contribution in [0, 0.1) is 0 Å². The zero-order valence-electron chi connectivity index (χ0n) is 29.8. The lowest BCUT2D eigenvalue weighted by atomic mass is 9.97. The van der Waals surface area contributed by atoms with Crippen LogP contribution in [0.25, 0.3) is 101 Å². The van der Waals surface area contributed by atoms with Crippen molar-refractivity contribution in [3.05, 3.63) is 200 Å². The van der Waals surface area contributed by atoms with Gasteiger partial charge in [0, 0.05) is 27.5 Å². The van der Waals surface area contributed by atoms with Gasteiger partial charge in [0.25, 0.3) is 0 Å². The van der Waals surface area contributed by atoms with Crippen LogP contribution in [0.3, 0.4) is 0 Å². The molecule has 4 heteroatoms. The van der Waals surface area contributed by atoms with Gasteiger partial charge in [0.15, 0.2) is 17.5 Å². The van der Waals surface area contributed by atoms with E-state index < -0.39 is 0 Å². The molecule has 0 bridgehead atoms. The molecule has 0 unspecified atom stereocenters. The summed E-state index contributed by atoms with van der Waals surface area (Å²) in [6, 6.07) is 69.4. The Morgan fingerprint density at radius 3 is 1.25 bits per heavy atom. The molecule has 0 aliphatic rings. The molecule has 10 rings (SSSR count). The number of aromatic nitrogens is 3. The molecular weight excluding hydrogens is 671 g/mol. The molecule has 8 aromatic carbocycles. The number of rotatable bonds is 7. The Bertz CT molecular complexity index is 2950. The maximum atomic E-state index is 6.43. The summed E-state index contributed by atoms with van der Waals surface area (Å²) in [5.74, 6) is 1.89. The maximum Gasteiger partial charge on any atom is 0.164 e. The summed E-state index contributed by atoms with van der Waals surface area (Å²) in [7, 11) is 0. The first-order valence-electron chi connectivity index (χ1n) is 18.4. The molecule has 0 saturated carbocycles. The molecule has 258 valence electrons. The predicted octanol–water partition coefficient (Wildman–Crippen LogP) is 13.4. The van der Waals surface area contributed by atoms with Gasteiger partial charge < -0.3 is 4.42 Å². The molecule has 0 saturated heterocycles. The molecule has 0 N–H and O–H groups in total. The number of hydrogen-bond acceptors (Lipinski definition) is 4. The highest BCUT2D eigenvalue weighted by atomic mass is 16.3. The van der Waals surface area contributed by atoms with E-state index in [0.29, 0.717) is 17.5 Å². The van der Waals surface area contributed by atoms with Crippen molar-refractivity contribution in [3.8, 4) is 78.7 Å². The lowest BCUT2D eigenvalue weighted by molar-refractivity contribution is 0.669. The molecule has 0 atom stereocenters. The van der Waals surface area contributed by atoms with E-state index in [2.05, 4.69) is 158 Å². The van der Waals surface area contributed by atoms with Gasteiger partial charge in [0.2, 0.25) is 0 Å². The number of nitrogens with zero attached hydrogens (tertiary/aromatic N) is 3. The van der Waals surface area contributed by atoms with Gasteiger partial charge in [0.1, 0.15) is 11.2 Å². The smallest absolute Gasteiger partial charge is 0.164 e. The van der Waals surface area contributed by atoms with Gasteiger partial charge in [-0.25, -0.2) is 15.0 Å². The minimum atomic E-state index is 0.622. The summed E-state index contributed by atoms with van der Waals surface area (Å²) in [6.45, 7) is 0. The highest BCUT2D eigenvalue weighted by molar-refractivity contribution is 6.07. The van der Waals surface area contributed by atoms with Crippen molar-refractivity contribution in [1.29, 1.82) is 0 Å². The zero-order chi connectivity index (χ0) is 36.6. The molecular formula is C51H33N3O. The summed E-state index contributed by atoms with van der Waals surface area (Å²) in [4.78, 5) is 15.0. The van der Waals surface area contributed by atoms with Gasteiger partial charge in [-0.05, 0) is 80.9 Å². The number of benzene rings is 8. The topological polar surface area (TPSA) is 51.8 Å². The van der Waals surface area contributed by atoms with E-state index in [1.54, 1.807) is 0 Å². The Kier molecular flexibility index (Phi) is 8.12. The van der Waals surface area contributed by atoms with E-state index in [4.69, 9.17) is 19.4 Å². The van der Waals surface area contributed by atoms with Gasteiger partial charge in [-0.15, -0.1) is 0 Å². The second-order valence-corrected chi connectivity index (χ2v) is 13.7. The normalized spacial score (nSPS) is 11.3. The average Bonchev–Trinajstić information content (AvgIpc) is 3.64. The monoisotopic (exact) mass is 703 g/mol. The average molecular weight is 704 g/mol. The fraction of sp³-hybridized carbons (Fsp3) is 0. The molecule has 0 spiro atoms. The lowest BCUT2D eigenvalue weighted by Gasteiger charge is -2.10. The molecule has 10 aromatic rings. The van der Waals surface area contributed by atoms with E-state index in [1.807, 2.05) is 42.5 Å². The number of fused-ring (bicyclic) bond motifs is 3. The van der Waals surface area contributed by atoms with Gasteiger partial charge in [-0.2, -0.15) is 0 Å². The third-order valence-electron chi connectivity index (χ3n) is 10.1. The van der Waals surface area contributed by atoms with Crippen molar-refractivity contribution < 1.29 is 4.42 Å². The fourth-order valence-electron chi connectivity index (χ4n) is 7.28. The Morgan fingerprint density at radius 1 is 0.236 bits per heavy atom. The summed E-state index contributed by atoms with van der Waals surface area (Å²) < 4.78 is 6.43. The molecule has 0 aliphatic carbocycles. The quantitative estimate of drug-likeness (QED) is 0.166. The molecule has 2 aromatic heterocycles. The second kappa shape index (κ2) is 13.8. The summed E-state index contributed by atoms with van der Waals surface area (Å²) >= 11 is 0. The van der Waals surface area contributed by atoms with E-state index in [0.717, 1.165) is 66.4 Å². The Balaban J connectivity index is 1.00. The molecule has 0 aliphatic heterocycles. The van der Waals surface area contributed by atoms with Crippen molar-refractivity contribution in [3.63, 3.8) is 0 Å². The number of hydrogen-bond donors (Lipinski definition) is 0. The highest BCUT2D eigenvalue weighted by Crippen LogP contribution is 2.37. The lowest BCUT2D eigenvalue weighted by Crippen LogP contribution is -2.00. The first kappa shape index (κ1) is 32.2. The zero-order valence-corrected chi connectivity index (χ0v) is 29.8. The second-order valence-electron chi connectivity index (χ2n) is 13.7. The maximum absolute atomic E-state index is 6.43. The van der Waals surface area contributed by atoms with Crippen molar-refractivity contribution in [2.75, 3.05) is 0 Å². The largest absolute Gasteiger partial charge is 0.456 e. The van der Waals surface area contributed by atoms with Gasteiger partial charge in [-0.3, -0.25) is 0 Å². The Hall–Kier alpha value is -7.43. The van der Waals surface area contributed by atoms with Crippen molar-refractivity contribution >= 4 is 21.9 Å². The molecule has 2 heterocycles. The molecule has 0 radical (unpaired) electrons. The van der Waals surface area contributed by atoms with E-state index in [1.165, 1.54) is 16.7 Å². The fourth-order valence-corrected chi connectivity index (χ4v) is 7.28. The molecule has 55 heavy (non-hydrogen) atoms. The molecule has 0 amide bonds. The van der Waals surface area contributed by atoms with Crippen LogP contribution in [0.15, 0.2) is 205 Å². The van der Waals surface area contributed by atoms with Crippen LogP contribution in [0.4, 0.5) is 0 Å². The summed E-state index contributed by atoms with van der Waals surface area (Å²) in [5.41, 5.74) is 13.7. The van der Waals surface area contributed by atoms with Crippen LogP contribution in [-0.2, 0) is 0 Å². The van der Waals surface area contributed by atoms with Gasteiger partial charge >= 0.3 is 0 Å². The SMILES string of the molecule is c1ccc(-c2ccc(-c3nc(-c4ccccc4)nc(-c4cccc(-c5ccc6oc7cc(-c8cccc(-c9ccccc9)c8)ccc7c6c5)c4)n3)cc2)cc1. The minimum absolute atomic E-state index is 0.622. The predicted molar refractivity (Wildman–Crippen MR) is 225 cm³/mol. The molecule has 4 nitrogen and oxygen atoms in total. The number of furan rings is 1. The first-order chi connectivity index (χ1) is 27.2. The minimum Gasteiger partial charge on any atom is -0.456 e. The van der Waals surface area contributed by atoms with Crippen LogP contribution >= 0.6 is 0 Å². The van der Waals surface area contributed by atoms with Crippen LogP contribution < -0.4 is 0 Å². The van der Waals surface area contributed by atoms with Crippen LogP contribution in [0.1, 0.15) is 0 Å². The Labute approximate surface area is 319 Å². The highest BCUT2D eigenvalue weighted by Gasteiger charge is 2.15. The first-order valence-corrected chi connectivity index (χ1v) is 18.4. The Morgan fingerprint density at radius 2 is 0.618 bits per heavy atom. The summed E-state index contributed by atoms with van der Waals surface area (Å²) in [6.07, 6.45) is 0. The third kappa shape index (κ3) is 6.36. The van der Waals surface area contributed by atoms with Gasteiger partial charge in [0.05, 0.1) is 0 Å².